The Morgan fingerprint density at radius 1 is 0.538 bits per heavy atom. The summed E-state index contributed by atoms with van der Waals surface area (Å²) in [6.07, 6.45) is 34.4. The molecular weight excluding hydrogens is 870 g/mol. The highest BCUT2D eigenvalue weighted by atomic mass is 35.5. The summed E-state index contributed by atoms with van der Waals surface area (Å²) in [6.45, 7) is 4.95. The van der Waals surface area contributed by atoms with Crippen LogP contribution in [0.4, 0.5) is 0 Å². The minimum Gasteiger partial charge on any atom is -1.00 e. The number of amides is 2. The van der Waals surface area contributed by atoms with Crippen LogP contribution < -0.4 is 28.8 Å². The quantitative estimate of drug-likeness (QED) is 0.0303. The first-order chi connectivity index (χ1) is 31.0. The van der Waals surface area contributed by atoms with Crippen molar-refractivity contribution < 1.29 is 66.6 Å². The predicted octanol–water partition coefficient (Wildman–Crippen LogP) is 7.25. The maximum atomic E-state index is 12.9. The molecule has 0 aromatic rings. The second-order valence-corrected chi connectivity index (χ2v) is 18.9. The van der Waals surface area contributed by atoms with E-state index in [1.54, 1.807) is 0 Å². The molecular formula is C50H94ClN3O10S. The molecule has 382 valence electrons. The van der Waals surface area contributed by atoms with E-state index in [1.165, 1.54) is 140 Å². The topological polar surface area (TPSA) is 213 Å². The average Bonchev–Trinajstić information content (AvgIpc) is 3.26. The Balaban J connectivity index is 0. The van der Waals surface area contributed by atoms with Gasteiger partial charge in [-0.2, -0.15) is 11.8 Å². The summed E-state index contributed by atoms with van der Waals surface area (Å²) < 4.78 is 11.4. The highest BCUT2D eigenvalue weighted by molar-refractivity contribution is 7.99. The van der Waals surface area contributed by atoms with Gasteiger partial charge in [0.25, 0.3) is 5.91 Å². The molecule has 0 radical (unpaired) electrons. The van der Waals surface area contributed by atoms with E-state index < -0.39 is 36.0 Å². The molecule has 0 saturated carbocycles. The molecule has 0 fully saturated rings. The van der Waals surface area contributed by atoms with E-state index in [0.29, 0.717) is 50.2 Å². The van der Waals surface area contributed by atoms with Gasteiger partial charge in [0.2, 0.25) is 5.91 Å². The summed E-state index contributed by atoms with van der Waals surface area (Å²) >= 11 is 1.44. The van der Waals surface area contributed by atoms with Crippen LogP contribution in [0.15, 0.2) is 0 Å². The fourth-order valence-electron chi connectivity index (χ4n) is 7.52. The SMILES string of the molecule is CCCCCCCCCCCCCCCC(=O)OC[C@H](CSC[C@H]([NH3+])C(=O)NCCCCCCC(=O)N[C@@H](CCC(=O)O)C(=O)O)OC(=O)CCCCCCCCCCCCCCC.[Cl-]. The molecule has 0 saturated heterocycles. The largest absolute Gasteiger partial charge is 1.00 e. The Hall–Kier alpha value is -2.58. The second-order valence-electron chi connectivity index (χ2n) is 17.9. The number of quaternary nitrogens is 1. The number of aliphatic carboxylic acids is 2. The third-order valence-corrected chi connectivity index (χ3v) is 12.8. The Bertz CT molecular complexity index is 1200. The molecule has 0 spiro atoms. The van der Waals surface area contributed by atoms with E-state index >= 15 is 0 Å². The maximum absolute atomic E-state index is 12.9. The van der Waals surface area contributed by atoms with E-state index in [1.807, 2.05) is 0 Å². The van der Waals surface area contributed by atoms with Crippen LogP contribution in [-0.4, -0.2) is 88.7 Å². The fourth-order valence-corrected chi connectivity index (χ4v) is 8.52. The Morgan fingerprint density at radius 3 is 1.40 bits per heavy atom. The summed E-state index contributed by atoms with van der Waals surface area (Å²) in [5.41, 5.74) is 4.02. The van der Waals surface area contributed by atoms with Gasteiger partial charge in [0, 0.05) is 38.0 Å². The van der Waals surface area contributed by atoms with Crippen molar-refractivity contribution in [2.45, 2.75) is 257 Å². The average molecular weight is 965 g/mol. The zero-order valence-electron chi connectivity index (χ0n) is 41.0. The molecule has 65 heavy (non-hydrogen) atoms. The third-order valence-electron chi connectivity index (χ3n) is 11.6. The number of halogens is 1. The molecule has 0 aromatic carbocycles. The summed E-state index contributed by atoms with van der Waals surface area (Å²) in [4.78, 5) is 72.4. The van der Waals surface area contributed by atoms with Crippen molar-refractivity contribution in [1.82, 2.24) is 10.6 Å². The van der Waals surface area contributed by atoms with E-state index in [0.717, 1.165) is 44.9 Å². The number of hydrogen-bond donors (Lipinski definition) is 5. The molecule has 0 heterocycles. The van der Waals surface area contributed by atoms with Crippen LogP contribution in [0.1, 0.15) is 239 Å². The van der Waals surface area contributed by atoms with Crippen LogP contribution in [0.3, 0.4) is 0 Å². The predicted molar refractivity (Wildman–Crippen MR) is 258 cm³/mol. The van der Waals surface area contributed by atoms with Crippen LogP contribution in [-0.2, 0) is 38.2 Å². The van der Waals surface area contributed by atoms with E-state index in [2.05, 4.69) is 30.2 Å². The Morgan fingerprint density at radius 2 is 0.954 bits per heavy atom. The number of nitrogens with one attached hydrogen (secondary N) is 2. The lowest BCUT2D eigenvalue weighted by atomic mass is 10.0. The third kappa shape index (κ3) is 45.0. The lowest BCUT2D eigenvalue weighted by Gasteiger charge is -2.18. The van der Waals surface area contributed by atoms with Gasteiger partial charge in [0.1, 0.15) is 18.8 Å². The lowest BCUT2D eigenvalue weighted by Crippen LogP contribution is -3.00. The van der Waals surface area contributed by atoms with Crippen molar-refractivity contribution in [1.29, 1.82) is 0 Å². The molecule has 15 heteroatoms. The molecule has 0 bridgehead atoms. The minimum absolute atomic E-state index is 0. The van der Waals surface area contributed by atoms with Gasteiger partial charge in [-0.3, -0.25) is 24.0 Å². The van der Waals surface area contributed by atoms with Gasteiger partial charge in [-0.1, -0.05) is 181 Å². The van der Waals surface area contributed by atoms with Gasteiger partial charge in [0.15, 0.2) is 6.04 Å². The number of unbranched alkanes of at least 4 members (excludes halogenated alkanes) is 27. The van der Waals surface area contributed by atoms with Gasteiger partial charge in [-0.15, -0.1) is 0 Å². The number of ether oxygens (including phenoxy) is 2. The zero-order chi connectivity index (χ0) is 47.3. The van der Waals surface area contributed by atoms with Crippen molar-refractivity contribution in [3.63, 3.8) is 0 Å². The number of hydrogen-bond acceptors (Lipinski definition) is 9. The minimum atomic E-state index is -1.26. The summed E-state index contributed by atoms with van der Waals surface area (Å²) in [7, 11) is 0. The summed E-state index contributed by atoms with van der Waals surface area (Å²) in [5, 5.41) is 23.3. The summed E-state index contributed by atoms with van der Waals surface area (Å²) in [6, 6.07) is -1.76. The molecule has 0 unspecified atom stereocenters. The molecule has 0 aliphatic rings. The second kappa shape index (κ2) is 47.9. The van der Waals surface area contributed by atoms with Crippen molar-refractivity contribution in [3.8, 4) is 0 Å². The van der Waals surface area contributed by atoms with Crippen molar-refractivity contribution >= 4 is 47.5 Å². The van der Waals surface area contributed by atoms with E-state index in [-0.39, 0.29) is 56.1 Å². The summed E-state index contributed by atoms with van der Waals surface area (Å²) in [5.74, 6) is -2.77. The van der Waals surface area contributed by atoms with Crippen molar-refractivity contribution in [3.05, 3.63) is 0 Å². The highest BCUT2D eigenvalue weighted by Crippen LogP contribution is 2.16. The molecule has 0 rings (SSSR count). The molecule has 2 amide bonds. The number of rotatable bonds is 48. The number of carboxylic acid groups (broad SMARTS) is 2. The monoisotopic (exact) mass is 964 g/mol. The normalized spacial score (nSPS) is 12.4. The Labute approximate surface area is 404 Å². The number of thioether (sulfide) groups is 1. The molecule has 7 N–H and O–H groups in total. The molecule has 13 nitrogen and oxygen atoms in total. The van der Waals surface area contributed by atoms with E-state index in [9.17, 15) is 33.9 Å². The standard InChI is InChI=1S/C50H93N3O10S.ClH/c1-3-5-7-9-11-13-15-17-19-21-23-25-30-34-47(57)62-39-42(63-48(58)35-31-26-24-22-20-18-16-14-12-10-8-6-4-2)40-64-41-43(51)49(59)52-38-32-28-27-29-33-45(54)53-44(50(60)61)36-37-46(55)56;/h42-44H,3-41,51H2,1-2H3,(H,52,59)(H,53,54)(H,55,56)(H,60,61);1H/t42-,43+,44+;/m1./s1. The fraction of sp³-hybridized carbons (Fsp3) is 0.880. The zero-order valence-corrected chi connectivity index (χ0v) is 42.5. The van der Waals surface area contributed by atoms with Crippen LogP contribution >= 0.6 is 11.8 Å². The van der Waals surface area contributed by atoms with Crippen LogP contribution in [0, 0.1) is 0 Å². The van der Waals surface area contributed by atoms with E-state index in [4.69, 9.17) is 14.6 Å². The van der Waals surface area contributed by atoms with Gasteiger partial charge in [-0.25, -0.2) is 4.79 Å². The first-order valence-electron chi connectivity index (χ1n) is 25.8. The first kappa shape index (κ1) is 64.5. The number of carbonyl (C=O) groups is 6. The molecule has 0 aromatic heterocycles. The molecule has 3 atom stereocenters. The molecule has 0 aliphatic carbocycles. The lowest BCUT2D eigenvalue weighted by molar-refractivity contribution is -0.396. The number of esters is 2. The Kier molecular flexibility index (Phi) is 47.5. The van der Waals surface area contributed by atoms with Crippen molar-refractivity contribution in [2.24, 2.45) is 0 Å². The maximum Gasteiger partial charge on any atom is 0.326 e. The highest BCUT2D eigenvalue weighted by Gasteiger charge is 2.22. The van der Waals surface area contributed by atoms with Gasteiger partial charge < -0.3 is 48.5 Å². The first-order valence-corrected chi connectivity index (χ1v) is 26.9. The van der Waals surface area contributed by atoms with Gasteiger partial charge >= 0.3 is 23.9 Å². The smallest absolute Gasteiger partial charge is 0.326 e. The number of carbonyl (C=O) groups excluding carboxylic acids is 4. The van der Waals surface area contributed by atoms with Gasteiger partial charge in [0.05, 0.1) is 5.75 Å². The van der Waals surface area contributed by atoms with Gasteiger partial charge in [-0.05, 0) is 32.1 Å². The van der Waals surface area contributed by atoms with Crippen molar-refractivity contribution in [2.75, 3.05) is 24.7 Å². The van der Waals surface area contributed by atoms with Crippen LogP contribution in [0.2, 0.25) is 0 Å². The van der Waals surface area contributed by atoms with Crippen LogP contribution in [0.25, 0.3) is 0 Å². The van der Waals surface area contributed by atoms with Crippen LogP contribution in [0.5, 0.6) is 0 Å². The number of carboxylic acids is 2. The molecule has 0 aliphatic heterocycles.